The normalized spacial score (nSPS) is 16.4. The number of hydrogen-bond donors (Lipinski definition) is 2. The van der Waals surface area contributed by atoms with Gasteiger partial charge in [-0.1, -0.05) is 29.3 Å². The van der Waals surface area contributed by atoms with Crippen LogP contribution in [0.1, 0.15) is 29.5 Å². The third-order valence-electron chi connectivity index (χ3n) is 3.19. The molecule has 18 heavy (non-hydrogen) atoms. The Balaban J connectivity index is 1.85. The number of amides is 1. The molecule has 1 fully saturated rings. The summed E-state index contributed by atoms with van der Waals surface area (Å²) in [6.07, 6.45) is 2.31. The van der Waals surface area contributed by atoms with E-state index < -0.39 is 0 Å². The zero-order chi connectivity index (χ0) is 13.1. The molecule has 1 aliphatic carbocycles. The van der Waals surface area contributed by atoms with Gasteiger partial charge >= 0.3 is 0 Å². The first-order valence-corrected chi connectivity index (χ1v) is 6.71. The molecule has 0 aliphatic heterocycles. The Kier molecular flexibility index (Phi) is 4.02. The number of aryl methyl sites for hydroxylation is 2. The summed E-state index contributed by atoms with van der Waals surface area (Å²) in [5.41, 5.74) is 3.89. The third kappa shape index (κ3) is 4.15. The van der Waals surface area contributed by atoms with Crippen molar-refractivity contribution in [1.29, 1.82) is 0 Å². The summed E-state index contributed by atoms with van der Waals surface area (Å²) in [5.74, 6) is 0.180. The molecule has 1 amide bonds. The van der Waals surface area contributed by atoms with Crippen LogP contribution in [0.2, 0.25) is 0 Å². The van der Waals surface area contributed by atoms with Crippen molar-refractivity contribution in [2.45, 2.75) is 39.3 Å². The first kappa shape index (κ1) is 13.1. The highest BCUT2D eigenvalue weighted by molar-refractivity contribution is 5.77. The van der Waals surface area contributed by atoms with Crippen LogP contribution in [0.25, 0.3) is 0 Å². The summed E-state index contributed by atoms with van der Waals surface area (Å²) in [6, 6.07) is 7.05. The van der Waals surface area contributed by atoms with Crippen LogP contribution in [-0.2, 0) is 11.3 Å². The molecule has 2 rings (SSSR count). The number of carbonyl (C=O) groups excluding carboxylic acids is 1. The molecule has 0 saturated heterocycles. The number of benzene rings is 1. The topological polar surface area (TPSA) is 33.5 Å². The summed E-state index contributed by atoms with van der Waals surface area (Å²) in [5, 5.41) is 3.03. The van der Waals surface area contributed by atoms with E-state index in [9.17, 15) is 4.79 Å². The van der Waals surface area contributed by atoms with Gasteiger partial charge in [-0.15, -0.1) is 0 Å². The second kappa shape index (κ2) is 5.53. The van der Waals surface area contributed by atoms with Crippen molar-refractivity contribution < 1.29 is 9.69 Å². The van der Waals surface area contributed by atoms with Crippen molar-refractivity contribution in [3.63, 3.8) is 0 Å². The molecule has 1 unspecified atom stereocenters. The molecule has 1 aliphatic rings. The molecule has 0 aromatic heterocycles. The number of carbonyl (C=O) groups is 1. The zero-order valence-corrected chi connectivity index (χ0v) is 11.5. The largest absolute Gasteiger partial charge is 0.348 e. The van der Waals surface area contributed by atoms with Crippen molar-refractivity contribution in [1.82, 2.24) is 5.32 Å². The van der Waals surface area contributed by atoms with E-state index >= 15 is 0 Å². The second-order valence-electron chi connectivity index (χ2n) is 5.65. The average molecular weight is 247 g/mol. The Hall–Kier alpha value is -1.35. The molecule has 1 aromatic rings. The lowest BCUT2D eigenvalue weighted by atomic mass is 10.1. The number of nitrogens with one attached hydrogen (secondary N) is 2. The monoisotopic (exact) mass is 247 g/mol. The predicted molar refractivity (Wildman–Crippen MR) is 72.5 cm³/mol. The summed E-state index contributed by atoms with van der Waals surface area (Å²) in [4.78, 5) is 12.9. The van der Waals surface area contributed by atoms with Gasteiger partial charge in [-0.3, -0.25) is 4.79 Å². The minimum atomic E-state index is 0.180. The van der Waals surface area contributed by atoms with Crippen molar-refractivity contribution in [2.24, 2.45) is 0 Å². The first-order valence-electron chi connectivity index (χ1n) is 6.71. The van der Waals surface area contributed by atoms with E-state index in [1.807, 2.05) is 0 Å². The van der Waals surface area contributed by atoms with Gasteiger partial charge in [-0.25, -0.2) is 0 Å². The summed E-state index contributed by atoms with van der Waals surface area (Å²) in [6.45, 7) is 5.70. The molecule has 1 saturated carbocycles. The highest BCUT2D eigenvalue weighted by Gasteiger charge is 2.24. The fourth-order valence-corrected chi connectivity index (χ4v) is 2.36. The van der Waals surface area contributed by atoms with Gasteiger partial charge in [-0.05, 0) is 26.7 Å². The molecular formula is C15H23N2O+. The van der Waals surface area contributed by atoms with E-state index in [1.54, 1.807) is 0 Å². The SMILES string of the molecule is Cc1cc(C)cc(C[NH+](C)CC(=O)NC2CC2)c1. The van der Waals surface area contributed by atoms with E-state index in [1.165, 1.54) is 21.6 Å². The van der Waals surface area contributed by atoms with Crippen molar-refractivity contribution in [3.8, 4) is 0 Å². The maximum Gasteiger partial charge on any atom is 0.275 e. The summed E-state index contributed by atoms with van der Waals surface area (Å²) in [7, 11) is 2.07. The first-order chi connectivity index (χ1) is 8.52. The Morgan fingerprint density at radius 3 is 2.44 bits per heavy atom. The van der Waals surface area contributed by atoms with Gasteiger partial charge in [-0.2, -0.15) is 0 Å². The number of quaternary nitrogens is 1. The Bertz CT molecular complexity index is 418. The predicted octanol–water partition coefficient (Wildman–Crippen LogP) is 0.597. The molecule has 0 bridgehead atoms. The van der Waals surface area contributed by atoms with E-state index in [0.29, 0.717) is 12.6 Å². The van der Waals surface area contributed by atoms with E-state index in [0.717, 1.165) is 19.4 Å². The van der Waals surface area contributed by atoms with Crippen LogP contribution >= 0.6 is 0 Å². The van der Waals surface area contributed by atoms with Gasteiger partial charge in [0.1, 0.15) is 6.54 Å². The van der Waals surface area contributed by atoms with Crippen molar-refractivity contribution >= 4 is 5.91 Å². The van der Waals surface area contributed by atoms with Crippen LogP contribution in [0.3, 0.4) is 0 Å². The highest BCUT2D eigenvalue weighted by atomic mass is 16.2. The van der Waals surface area contributed by atoms with Crippen LogP contribution in [0.5, 0.6) is 0 Å². The summed E-state index contributed by atoms with van der Waals surface area (Å²) >= 11 is 0. The van der Waals surface area contributed by atoms with E-state index in [-0.39, 0.29) is 5.91 Å². The average Bonchev–Trinajstić information content (AvgIpc) is 2.98. The molecule has 3 nitrogen and oxygen atoms in total. The lowest BCUT2D eigenvalue weighted by Crippen LogP contribution is -3.08. The molecule has 98 valence electrons. The van der Waals surface area contributed by atoms with Gasteiger partial charge in [0.2, 0.25) is 0 Å². The fourth-order valence-electron chi connectivity index (χ4n) is 2.36. The maximum absolute atomic E-state index is 11.7. The Labute approximate surface area is 109 Å². The lowest BCUT2D eigenvalue weighted by molar-refractivity contribution is -0.885. The van der Waals surface area contributed by atoms with Crippen molar-refractivity contribution in [2.75, 3.05) is 13.6 Å². The Morgan fingerprint density at radius 1 is 1.28 bits per heavy atom. The second-order valence-corrected chi connectivity index (χ2v) is 5.65. The van der Waals surface area contributed by atoms with Crippen LogP contribution < -0.4 is 10.2 Å². The molecule has 1 aromatic carbocycles. The number of likely N-dealkylation sites (N-methyl/N-ethyl adjacent to an activating group) is 1. The molecule has 0 spiro atoms. The lowest BCUT2D eigenvalue weighted by Gasteiger charge is -2.14. The molecule has 3 heteroatoms. The smallest absolute Gasteiger partial charge is 0.275 e. The van der Waals surface area contributed by atoms with Crippen LogP contribution in [0.15, 0.2) is 18.2 Å². The highest BCUT2D eigenvalue weighted by Crippen LogP contribution is 2.18. The summed E-state index contributed by atoms with van der Waals surface area (Å²) < 4.78 is 0. The molecule has 2 N–H and O–H groups in total. The Morgan fingerprint density at radius 2 is 1.89 bits per heavy atom. The fraction of sp³-hybridized carbons (Fsp3) is 0.533. The minimum Gasteiger partial charge on any atom is -0.348 e. The number of hydrogen-bond acceptors (Lipinski definition) is 1. The van der Waals surface area contributed by atoms with Gasteiger partial charge in [0, 0.05) is 11.6 Å². The molecular weight excluding hydrogens is 224 g/mol. The zero-order valence-electron chi connectivity index (χ0n) is 11.5. The van der Waals surface area contributed by atoms with Gasteiger partial charge < -0.3 is 10.2 Å². The van der Waals surface area contributed by atoms with E-state index in [4.69, 9.17) is 0 Å². The quantitative estimate of drug-likeness (QED) is 0.785. The molecule has 0 heterocycles. The third-order valence-corrected chi connectivity index (χ3v) is 3.19. The maximum atomic E-state index is 11.7. The molecule has 1 atom stereocenters. The standard InChI is InChI=1S/C15H22N2O/c1-11-6-12(2)8-13(7-11)9-17(3)10-15(18)16-14-4-5-14/h6-8,14H,4-5,9-10H2,1-3H3,(H,16,18)/p+1. The van der Waals surface area contributed by atoms with Gasteiger partial charge in [0.05, 0.1) is 7.05 Å². The van der Waals surface area contributed by atoms with Crippen LogP contribution in [-0.4, -0.2) is 25.5 Å². The van der Waals surface area contributed by atoms with E-state index in [2.05, 4.69) is 44.4 Å². The van der Waals surface area contributed by atoms with Crippen molar-refractivity contribution in [3.05, 3.63) is 34.9 Å². The van der Waals surface area contributed by atoms with Crippen LogP contribution in [0.4, 0.5) is 0 Å². The van der Waals surface area contributed by atoms with Gasteiger partial charge in [0.15, 0.2) is 6.54 Å². The van der Waals surface area contributed by atoms with Crippen LogP contribution in [0, 0.1) is 13.8 Å². The van der Waals surface area contributed by atoms with Gasteiger partial charge in [0.25, 0.3) is 5.91 Å². The molecule has 0 radical (unpaired) electrons. The number of rotatable bonds is 5. The minimum absolute atomic E-state index is 0.180.